The molecule has 0 spiro atoms. The minimum Gasteiger partial charge on any atom is -0.399 e. The smallest absolute Gasteiger partial charge is 0.263 e. The number of anilines is 2. The van der Waals surface area contributed by atoms with Crippen LogP contribution in [-0.2, 0) is 10.0 Å². The van der Waals surface area contributed by atoms with Crippen molar-refractivity contribution in [1.29, 1.82) is 5.26 Å². The van der Waals surface area contributed by atoms with Crippen LogP contribution in [0.25, 0.3) is 0 Å². The Morgan fingerprint density at radius 3 is 2.33 bits per heavy atom. The van der Waals surface area contributed by atoms with Crippen LogP contribution in [0.15, 0.2) is 50.2 Å². The number of halogens is 2. The van der Waals surface area contributed by atoms with Gasteiger partial charge >= 0.3 is 0 Å². The summed E-state index contributed by atoms with van der Waals surface area (Å²) in [5, 5.41) is 9.07. The summed E-state index contributed by atoms with van der Waals surface area (Å²) in [6.07, 6.45) is 0. The van der Waals surface area contributed by atoms with Crippen LogP contribution >= 0.6 is 31.9 Å². The molecule has 108 valence electrons. The Bertz CT molecular complexity index is 825. The quantitative estimate of drug-likeness (QED) is 0.728. The van der Waals surface area contributed by atoms with E-state index >= 15 is 0 Å². The largest absolute Gasteiger partial charge is 0.399 e. The van der Waals surface area contributed by atoms with Crippen LogP contribution in [0.5, 0.6) is 0 Å². The van der Waals surface area contributed by atoms with Gasteiger partial charge in [-0.2, -0.15) is 5.26 Å². The lowest BCUT2D eigenvalue weighted by atomic mass is 10.2. The zero-order valence-electron chi connectivity index (χ0n) is 10.5. The van der Waals surface area contributed by atoms with E-state index in [2.05, 4.69) is 36.6 Å². The van der Waals surface area contributed by atoms with Crippen molar-refractivity contribution >= 4 is 53.3 Å². The molecule has 0 amide bonds. The number of rotatable bonds is 3. The molecule has 0 unspecified atom stereocenters. The summed E-state index contributed by atoms with van der Waals surface area (Å²) >= 11 is 6.56. The third-order valence-corrected chi connectivity index (χ3v) is 5.34. The number of sulfonamides is 1. The van der Waals surface area contributed by atoms with Gasteiger partial charge in [-0.3, -0.25) is 4.72 Å². The predicted molar refractivity (Wildman–Crippen MR) is 88.2 cm³/mol. The maximum absolute atomic E-state index is 12.5. The molecule has 2 aromatic rings. The van der Waals surface area contributed by atoms with Gasteiger partial charge in [0.1, 0.15) is 11.0 Å². The summed E-state index contributed by atoms with van der Waals surface area (Å²) in [5.74, 6) is 0. The first-order chi connectivity index (χ1) is 9.85. The van der Waals surface area contributed by atoms with Crippen molar-refractivity contribution in [2.75, 3.05) is 10.5 Å². The second kappa shape index (κ2) is 6.05. The Labute approximate surface area is 139 Å². The van der Waals surface area contributed by atoms with Crippen LogP contribution in [0.1, 0.15) is 5.56 Å². The predicted octanol–water partition coefficient (Wildman–Crippen LogP) is 3.47. The highest BCUT2D eigenvalue weighted by molar-refractivity contribution is 9.11. The number of hydrogen-bond acceptors (Lipinski definition) is 4. The number of nitrogen functional groups attached to an aromatic ring is 1. The lowest BCUT2D eigenvalue weighted by molar-refractivity contribution is 0.601. The molecule has 2 rings (SSSR count). The van der Waals surface area contributed by atoms with E-state index in [9.17, 15) is 8.42 Å². The first-order valence-corrected chi connectivity index (χ1v) is 8.68. The molecule has 5 nitrogen and oxygen atoms in total. The molecule has 2 aromatic carbocycles. The van der Waals surface area contributed by atoms with Crippen LogP contribution in [-0.4, -0.2) is 8.42 Å². The molecule has 0 aliphatic rings. The van der Waals surface area contributed by atoms with E-state index in [1.54, 1.807) is 18.2 Å². The molecule has 0 bridgehead atoms. The van der Waals surface area contributed by atoms with Gasteiger partial charge in [-0.15, -0.1) is 0 Å². The minimum absolute atomic E-state index is 0.00863. The summed E-state index contributed by atoms with van der Waals surface area (Å²) in [4.78, 5) is -0.123. The topological polar surface area (TPSA) is 96.0 Å². The van der Waals surface area contributed by atoms with E-state index in [4.69, 9.17) is 11.0 Å². The number of hydrogen-bond donors (Lipinski definition) is 2. The monoisotopic (exact) mass is 429 g/mol. The molecule has 0 aromatic heterocycles. The van der Waals surface area contributed by atoms with Crippen molar-refractivity contribution in [2.45, 2.75) is 4.90 Å². The summed E-state index contributed by atoms with van der Waals surface area (Å²) in [6, 6.07) is 11.1. The van der Waals surface area contributed by atoms with Gasteiger partial charge in [-0.25, -0.2) is 8.42 Å². The number of nitriles is 1. The Balaban J connectivity index is 2.52. The average Bonchev–Trinajstić information content (AvgIpc) is 2.42. The minimum atomic E-state index is -3.91. The molecule has 21 heavy (non-hydrogen) atoms. The third kappa shape index (κ3) is 3.37. The van der Waals surface area contributed by atoms with E-state index < -0.39 is 10.0 Å². The molecule has 3 N–H and O–H groups in total. The van der Waals surface area contributed by atoms with Gasteiger partial charge < -0.3 is 5.73 Å². The number of nitrogens with two attached hydrogens (primary N) is 1. The molecule has 0 saturated carbocycles. The van der Waals surface area contributed by atoms with E-state index in [-0.39, 0.29) is 10.5 Å². The van der Waals surface area contributed by atoms with E-state index in [1.807, 2.05) is 6.07 Å². The summed E-state index contributed by atoms with van der Waals surface area (Å²) < 4.78 is 28.5. The summed E-state index contributed by atoms with van der Waals surface area (Å²) in [7, 11) is -3.91. The third-order valence-electron chi connectivity index (χ3n) is 2.61. The van der Waals surface area contributed by atoms with Crippen molar-refractivity contribution in [1.82, 2.24) is 0 Å². The molecule has 0 aliphatic heterocycles. The number of nitrogens with one attached hydrogen (secondary N) is 1. The number of para-hydroxylation sites is 1. The highest BCUT2D eigenvalue weighted by atomic mass is 79.9. The number of nitrogens with zero attached hydrogens (tertiary/aromatic N) is 1. The summed E-state index contributed by atoms with van der Waals surface area (Å²) in [5.41, 5.74) is 6.24. The second-order valence-corrected chi connectivity index (χ2v) is 7.43. The van der Waals surface area contributed by atoms with Crippen molar-refractivity contribution in [2.24, 2.45) is 0 Å². The lowest BCUT2D eigenvalue weighted by Gasteiger charge is -2.12. The molecule has 0 radical (unpaired) electrons. The van der Waals surface area contributed by atoms with Crippen LogP contribution in [0.3, 0.4) is 0 Å². The van der Waals surface area contributed by atoms with Crippen molar-refractivity contribution in [3.8, 4) is 6.07 Å². The van der Waals surface area contributed by atoms with E-state index in [0.717, 1.165) is 0 Å². The SMILES string of the molecule is N#Cc1cc(N)ccc1S(=O)(=O)Nc1c(Br)cccc1Br. The van der Waals surface area contributed by atoms with E-state index in [0.29, 0.717) is 20.3 Å². The van der Waals surface area contributed by atoms with Gasteiger partial charge in [0.15, 0.2) is 0 Å². The Hall–Kier alpha value is -1.56. The van der Waals surface area contributed by atoms with Gasteiger partial charge in [0.2, 0.25) is 0 Å². The van der Waals surface area contributed by atoms with Crippen molar-refractivity contribution < 1.29 is 8.42 Å². The lowest BCUT2D eigenvalue weighted by Crippen LogP contribution is -2.15. The second-order valence-electron chi connectivity index (χ2n) is 4.07. The van der Waals surface area contributed by atoms with Gasteiger partial charge in [0.25, 0.3) is 10.0 Å². The van der Waals surface area contributed by atoms with Crippen LogP contribution in [0.2, 0.25) is 0 Å². The molecule has 0 atom stereocenters. The first-order valence-electron chi connectivity index (χ1n) is 5.61. The highest BCUT2D eigenvalue weighted by Gasteiger charge is 2.21. The Morgan fingerprint density at radius 1 is 1.14 bits per heavy atom. The highest BCUT2D eigenvalue weighted by Crippen LogP contribution is 2.33. The Morgan fingerprint density at radius 2 is 1.76 bits per heavy atom. The van der Waals surface area contributed by atoms with Crippen LogP contribution < -0.4 is 10.5 Å². The fraction of sp³-hybridized carbons (Fsp3) is 0. The molecule has 8 heteroatoms. The zero-order valence-corrected chi connectivity index (χ0v) is 14.5. The fourth-order valence-corrected chi connectivity index (χ4v) is 4.35. The average molecular weight is 431 g/mol. The fourth-order valence-electron chi connectivity index (χ4n) is 1.65. The van der Waals surface area contributed by atoms with Gasteiger partial charge in [-0.1, -0.05) is 6.07 Å². The molecular weight excluding hydrogens is 422 g/mol. The maximum atomic E-state index is 12.5. The zero-order chi connectivity index (χ0) is 15.6. The van der Waals surface area contributed by atoms with Gasteiger partial charge in [-0.05, 0) is 62.2 Å². The van der Waals surface area contributed by atoms with Crippen molar-refractivity contribution in [3.63, 3.8) is 0 Å². The molecule has 0 heterocycles. The van der Waals surface area contributed by atoms with Gasteiger partial charge in [0, 0.05) is 14.6 Å². The number of benzene rings is 2. The van der Waals surface area contributed by atoms with Crippen LogP contribution in [0, 0.1) is 11.3 Å². The molecule has 0 saturated heterocycles. The van der Waals surface area contributed by atoms with Crippen LogP contribution in [0.4, 0.5) is 11.4 Å². The van der Waals surface area contributed by atoms with Gasteiger partial charge in [0.05, 0.1) is 11.3 Å². The molecular formula is C13H9Br2N3O2S. The van der Waals surface area contributed by atoms with E-state index in [1.165, 1.54) is 18.2 Å². The Kier molecular flexibility index (Phi) is 4.56. The van der Waals surface area contributed by atoms with Crippen molar-refractivity contribution in [3.05, 3.63) is 50.9 Å². The normalized spacial score (nSPS) is 10.9. The summed E-state index contributed by atoms with van der Waals surface area (Å²) in [6.45, 7) is 0. The molecule has 0 aliphatic carbocycles. The standard InChI is InChI=1S/C13H9Br2N3O2S/c14-10-2-1-3-11(15)13(10)18-21(19,20)12-5-4-9(17)6-8(12)7-16/h1-6,18H,17H2. The first kappa shape index (κ1) is 15.8. The molecule has 0 fully saturated rings. The maximum Gasteiger partial charge on any atom is 0.263 e.